The van der Waals surface area contributed by atoms with E-state index < -0.39 is 41.2 Å². The molecule has 0 N–H and O–H groups in total. The molecule has 1 unspecified atom stereocenters. The maximum absolute atomic E-state index is 12.4. The number of fused-ring (bicyclic) bond motifs is 2. The van der Waals surface area contributed by atoms with Gasteiger partial charge in [0.2, 0.25) is 0 Å². The van der Waals surface area contributed by atoms with Crippen molar-refractivity contribution < 1.29 is 47.7 Å². The van der Waals surface area contributed by atoms with Crippen molar-refractivity contribution in [3.05, 3.63) is 58.2 Å². The van der Waals surface area contributed by atoms with Crippen LogP contribution in [0, 0.1) is 5.41 Å². The Morgan fingerprint density at radius 2 is 1.55 bits per heavy atom. The first-order chi connectivity index (χ1) is 14.7. The zero-order chi connectivity index (χ0) is 22.3. The zero-order valence-corrected chi connectivity index (χ0v) is 16.1. The summed E-state index contributed by atoms with van der Waals surface area (Å²) in [7, 11) is 0. The predicted octanol–water partition coefficient (Wildman–Crippen LogP) is 1.04. The van der Waals surface area contributed by atoms with Gasteiger partial charge in [-0.25, -0.2) is 24.0 Å². The average Bonchev–Trinajstić information content (AvgIpc) is 3.18. The van der Waals surface area contributed by atoms with Crippen molar-refractivity contribution in [2.45, 2.75) is 13.3 Å². The highest BCUT2D eigenvalue weighted by molar-refractivity contribution is 6.19. The van der Waals surface area contributed by atoms with Gasteiger partial charge in [-0.2, -0.15) is 0 Å². The molecule has 3 aliphatic rings. The van der Waals surface area contributed by atoms with Crippen molar-refractivity contribution in [3.8, 4) is 0 Å². The molecule has 1 aromatic rings. The molecule has 1 aromatic carbocycles. The molecule has 10 heteroatoms. The van der Waals surface area contributed by atoms with Crippen molar-refractivity contribution in [1.29, 1.82) is 0 Å². The Kier molecular flexibility index (Phi) is 4.77. The summed E-state index contributed by atoms with van der Waals surface area (Å²) < 4.78 is 19.1. The molecule has 0 saturated carbocycles. The topological polar surface area (TPSA) is 139 Å². The number of esters is 6. The standard InChI is InChI=1S/C21H14O10/c1-21(5-4-12-14(9-21)19(26)31-17(12)24)20(27)29-7-6-28-15(22)10-2-3-11-13(8-10)18(25)30-16(11)23/h2-4,8-9H,5-7H2,1H3. The van der Waals surface area contributed by atoms with E-state index in [1.807, 2.05) is 0 Å². The van der Waals surface area contributed by atoms with Crippen molar-refractivity contribution in [3.63, 3.8) is 0 Å². The third-order valence-corrected chi connectivity index (χ3v) is 5.00. The summed E-state index contributed by atoms with van der Waals surface area (Å²) in [5.41, 5.74) is -0.960. The summed E-state index contributed by atoms with van der Waals surface area (Å²) >= 11 is 0. The van der Waals surface area contributed by atoms with Gasteiger partial charge in [0.1, 0.15) is 13.2 Å². The molecule has 158 valence electrons. The van der Waals surface area contributed by atoms with Gasteiger partial charge in [-0.05, 0) is 31.5 Å². The maximum Gasteiger partial charge on any atom is 0.346 e. The van der Waals surface area contributed by atoms with E-state index in [2.05, 4.69) is 9.47 Å². The molecule has 1 atom stereocenters. The first kappa shape index (κ1) is 20.2. The Balaban J connectivity index is 1.31. The number of ether oxygens (including phenoxy) is 4. The molecule has 0 aromatic heterocycles. The second-order valence-corrected chi connectivity index (χ2v) is 7.18. The second-order valence-electron chi connectivity index (χ2n) is 7.18. The number of carbonyl (C=O) groups is 6. The highest BCUT2D eigenvalue weighted by Gasteiger charge is 2.43. The Labute approximate surface area is 174 Å². The van der Waals surface area contributed by atoms with Gasteiger partial charge < -0.3 is 18.9 Å². The summed E-state index contributed by atoms with van der Waals surface area (Å²) in [5, 5.41) is 0. The quantitative estimate of drug-likeness (QED) is 0.290. The molecule has 0 radical (unpaired) electrons. The van der Waals surface area contributed by atoms with E-state index in [-0.39, 0.29) is 47.5 Å². The Morgan fingerprint density at radius 3 is 2.32 bits per heavy atom. The van der Waals surface area contributed by atoms with Crippen molar-refractivity contribution in [2.24, 2.45) is 5.41 Å². The smallest absolute Gasteiger partial charge is 0.346 e. The van der Waals surface area contributed by atoms with Gasteiger partial charge in [0.25, 0.3) is 0 Å². The minimum absolute atomic E-state index is 0.0238. The molecule has 0 bridgehead atoms. The van der Waals surface area contributed by atoms with E-state index in [1.54, 1.807) is 6.92 Å². The van der Waals surface area contributed by atoms with E-state index in [9.17, 15) is 28.8 Å². The number of hydrogen-bond acceptors (Lipinski definition) is 10. The van der Waals surface area contributed by atoms with Crippen molar-refractivity contribution in [2.75, 3.05) is 13.2 Å². The summed E-state index contributed by atoms with van der Waals surface area (Å²) in [6.45, 7) is 1.02. The van der Waals surface area contributed by atoms with E-state index >= 15 is 0 Å². The number of allylic oxidation sites excluding steroid dienone is 1. The zero-order valence-electron chi connectivity index (χ0n) is 16.1. The van der Waals surface area contributed by atoms with Gasteiger partial charge in [-0.15, -0.1) is 0 Å². The summed E-state index contributed by atoms with van der Waals surface area (Å²) in [6.07, 6.45) is 2.93. The highest BCUT2D eigenvalue weighted by Crippen LogP contribution is 2.37. The minimum Gasteiger partial charge on any atom is -0.461 e. The van der Waals surface area contributed by atoms with Crippen LogP contribution in [0.4, 0.5) is 0 Å². The van der Waals surface area contributed by atoms with Gasteiger partial charge in [-0.1, -0.05) is 12.2 Å². The molecule has 0 spiro atoms. The molecule has 2 heterocycles. The van der Waals surface area contributed by atoms with Crippen LogP contribution in [-0.4, -0.2) is 49.0 Å². The number of rotatable bonds is 5. The van der Waals surface area contributed by atoms with Gasteiger partial charge in [-0.3, -0.25) is 4.79 Å². The van der Waals surface area contributed by atoms with Crippen LogP contribution in [0.5, 0.6) is 0 Å². The number of cyclic esters (lactones) is 4. The fraction of sp³-hybridized carbons (Fsp3) is 0.238. The molecular formula is C21H14O10. The normalized spacial score (nSPS) is 21.5. The third kappa shape index (κ3) is 3.52. The molecule has 0 amide bonds. The molecule has 1 saturated heterocycles. The second kappa shape index (κ2) is 7.31. The SMILES string of the molecule is CC1(C(=O)OCCOC(=O)c2ccc3c(c2)C(=O)OC3=O)C=C2C(=O)OC(=O)C2=CC1. The molecule has 2 aliphatic heterocycles. The molecule has 4 rings (SSSR count). The fourth-order valence-corrected chi connectivity index (χ4v) is 3.31. The maximum atomic E-state index is 12.4. The van der Waals surface area contributed by atoms with Crippen LogP contribution in [0.1, 0.15) is 44.4 Å². The molecule has 31 heavy (non-hydrogen) atoms. The van der Waals surface area contributed by atoms with Crippen LogP contribution in [0.15, 0.2) is 41.5 Å². The van der Waals surface area contributed by atoms with Crippen LogP contribution in [0.25, 0.3) is 0 Å². The van der Waals surface area contributed by atoms with Crippen LogP contribution in [0.3, 0.4) is 0 Å². The number of carbonyl (C=O) groups excluding carboxylic acids is 6. The average molecular weight is 426 g/mol. The van der Waals surface area contributed by atoms with Crippen LogP contribution in [-0.2, 0) is 33.3 Å². The third-order valence-electron chi connectivity index (χ3n) is 5.00. The van der Waals surface area contributed by atoms with Gasteiger partial charge in [0.15, 0.2) is 0 Å². The largest absolute Gasteiger partial charge is 0.461 e. The molecule has 1 fully saturated rings. The van der Waals surface area contributed by atoms with Gasteiger partial charge in [0.05, 0.1) is 33.3 Å². The lowest BCUT2D eigenvalue weighted by Gasteiger charge is -2.25. The van der Waals surface area contributed by atoms with Crippen LogP contribution in [0.2, 0.25) is 0 Å². The lowest BCUT2D eigenvalue weighted by atomic mass is 9.79. The lowest BCUT2D eigenvalue weighted by Crippen LogP contribution is -2.31. The minimum atomic E-state index is -1.18. The van der Waals surface area contributed by atoms with Crippen molar-refractivity contribution in [1.82, 2.24) is 0 Å². The molecule has 10 nitrogen and oxygen atoms in total. The monoisotopic (exact) mass is 426 g/mol. The Morgan fingerprint density at radius 1 is 0.903 bits per heavy atom. The van der Waals surface area contributed by atoms with E-state index in [4.69, 9.17) is 9.47 Å². The number of hydrogen-bond donors (Lipinski definition) is 0. The first-order valence-electron chi connectivity index (χ1n) is 9.14. The summed E-state index contributed by atoms with van der Waals surface area (Å²) in [6, 6.07) is 3.80. The number of benzene rings is 1. The van der Waals surface area contributed by atoms with Crippen LogP contribution < -0.4 is 0 Å². The Hall–Kier alpha value is -4.08. The van der Waals surface area contributed by atoms with Crippen molar-refractivity contribution >= 4 is 35.8 Å². The lowest BCUT2D eigenvalue weighted by molar-refractivity contribution is -0.153. The first-order valence-corrected chi connectivity index (χ1v) is 9.14. The van der Waals surface area contributed by atoms with E-state index in [1.165, 1.54) is 30.4 Å². The molecular weight excluding hydrogens is 412 g/mol. The van der Waals surface area contributed by atoms with E-state index in [0.717, 1.165) is 0 Å². The van der Waals surface area contributed by atoms with E-state index in [0.29, 0.717) is 0 Å². The fourth-order valence-electron chi connectivity index (χ4n) is 3.31. The van der Waals surface area contributed by atoms with Gasteiger partial charge in [0, 0.05) is 0 Å². The summed E-state index contributed by atoms with van der Waals surface area (Å²) in [4.78, 5) is 70.8. The summed E-state index contributed by atoms with van der Waals surface area (Å²) in [5.74, 6) is -4.64. The van der Waals surface area contributed by atoms with Gasteiger partial charge >= 0.3 is 35.8 Å². The Bertz CT molecular complexity index is 1140. The van der Waals surface area contributed by atoms with Crippen LogP contribution >= 0.6 is 0 Å². The molecule has 1 aliphatic carbocycles. The predicted molar refractivity (Wildman–Crippen MR) is 97.4 cm³/mol. The highest BCUT2D eigenvalue weighted by atomic mass is 16.6.